The molecule has 2 aromatic heterocycles. The zero-order chi connectivity index (χ0) is 22.9. The zero-order valence-electron chi connectivity index (χ0n) is 19.0. The molecular weight excluding hydrogens is 448 g/mol. The van der Waals surface area contributed by atoms with Crippen molar-refractivity contribution >= 4 is 27.3 Å². The van der Waals surface area contributed by atoms with Gasteiger partial charge in [-0.2, -0.15) is 9.29 Å². The Kier molecular flexibility index (Phi) is 7.02. The van der Waals surface area contributed by atoms with Crippen molar-refractivity contribution < 1.29 is 17.7 Å². The number of piperidine rings is 1. The van der Waals surface area contributed by atoms with Crippen molar-refractivity contribution in [2.45, 2.75) is 82.6 Å². The van der Waals surface area contributed by atoms with E-state index in [1.54, 1.807) is 13.0 Å². The Hall–Kier alpha value is -1.78. The van der Waals surface area contributed by atoms with Crippen LogP contribution in [0.4, 0.5) is 0 Å². The zero-order valence-corrected chi connectivity index (χ0v) is 20.6. The third-order valence-electron chi connectivity index (χ3n) is 6.35. The first kappa shape index (κ1) is 23.4. The highest BCUT2D eigenvalue weighted by molar-refractivity contribution is 7.89. The number of carbonyl (C=O) groups excluding carboxylic acids is 1. The molecule has 4 rings (SSSR count). The molecule has 1 amide bonds. The summed E-state index contributed by atoms with van der Waals surface area (Å²) in [6.45, 7) is 6.38. The monoisotopic (exact) mass is 480 g/mol. The summed E-state index contributed by atoms with van der Waals surface area (Å²) >= 11 is 1.34. The maximum absolute atomic E-state index is 13.5. The first-order chi connectivity index (χ1) is 15.3. The van der Waals surface area contributed by atoms with Crippen LogP contribution in [0.25, 0.3) is 10.7 Å². The van der Waals surface area contributed by atoms with Gasteiger partial charge in [0, 0.05) is 29.9 Å². The van der Waals surface area contributed by atoms with E-state index in [9.17, 15) is 13.2 Å². The van der Waals surface area contributed by atoms with Crippen LogP contribution in [-0.2, 0) is 14.8 Å². The molecule has 10 heteroatoms. The predicted octanol–water partition coefficient (Wildman–Crippen LogP) is 4.08. The molecule has 0 aromatic carbocycles. The normalized spacial score (nSPS) is 21.2. The number of amides is 1. The molecular formula is C22H32N4O4S2. The molecule has 1 N–H and O–H groups in total. The average Bonchev–Trinajstić information content (AvgIpc) is 3.42. The summed E-state index contributed by atoms with van der Waals surface area (Å²) in [7, 11) is -3.71. The summed E-state index contributed by atoms with van der Waals surface area (Å²) in [5.41, 5.74) is 0. The van der Waals surface area contributed by atoms with Gasteiger partial charge in [0.2, 0.25) is 27.6 Å². The standard InChI is InChI=1S/C22H32N4O4S2/c1-14(2)22-24-20(25-30-22)18-12-19(15(3)31-18)32(28,29)26-11-7-8-16(13-26)21(27)23-17-9-5-4-6-10-17/h12,14,16-17H,4-11,13H2,1-3H3,(H,23,27). The summed E-state index contributed by atoms with van der Waals surface area (Å²) in [4.78, 5) is 18.8. The molecule has 1 unspecified atom stereocenters. The van der Waals surface area contributed by atoms with Gasteiger partial charge >= 0.3 is 0 Å². The fourth-order valence-corrected chi connectivity index (χ4v) is 7.49. The second-order valence-electron chi connectivity index (χ2n) is 9.19. The summed E-state index contributed by atoms with van der Waals surface area (Å²) < 4.78 is 33.7. The fraction of sp³-hybridized carbons (Fsp3) is 0.682. The summed E-state index contributed by atoms with van der Waals surface area (Å²) in [6.07, 6.45) is 6.97. The minimum atomic E-state index is -3.71. The lowest BCUT2D eigenvalue weighted by molar-refractivity contribution is -0.127. The Morgan fingerprint density at radius 2 is 1.97 bits per heavy atom. The van der Waals surface area contributed by atoms with E-state index in [-0.39, 0.29) is 35.2 Å². The predicted molar refractivity (Wildman–Crippen MR) is 123 cm³/mol. The minimum absolute atomic E-state index is 0.00691. The molecule has 1 aliphatic heterocycles. The fourth-order valence-electron chi connectivity index (χ4n) is 4.48. The van der Waals surface area contributed by atoms with E-state index in [0.717, 1.165) is 32.1 Å². The highest BCUT2D eigenvalue weighted by atomic mass is 32.2. The second kappa shape index (κ2) is 9.61. The molecule has 1 saturated heterocycles. The van der Waals surface area contributed by atoms with E-state index in [0.29, 0.717) is 34.4 Å². The van der Waals surface area contributed by atoms with E-state index in [4.69, 9.17) is 4.52 Å². The first-order valence-corrected chi connectivity index (χ1v) is 13.8. The molecule has 32 heavy (non-hydrogen) atoms. The van der Waals surface area contributed by atoms with Gasteiger partial charge in [0.1, 0.15) is 0 Å². The van der Waals surface area contributed by atoms with Gasteiger partial charge in [-0.05, 0) is 38.7 Å². The van der Waals surface area contributed by atoms with E-state index in [2.05, 4.69) is 15.5 Å². The van der Waals surface area contributed by atoms with Gasteiger partial charge in [0.05, 0.1) is 15.7 Å². The molecule has 3 heterocycles. The molecule has 2 aromatic rings. The highest BCUT2D eigenvalue weighted by Gasteiger charge is 2.35. The third-order valence-corrected chi connectivity index (χ3v) is 9.52. The summed E-state index contributed by atoms with van der Waals surface area (Å²) in [5, 5.41) is 7.17. The smallest absolute Gasteiger partial charge is 0.244 e. The van der Waals surface area contributed by atoms with Crippen LogP contribution >= 0.6 is 11.3 Å². The van der Waals surface area contributed by atoms with Crippen LogP contribution in [0.2, 0.25) is 0 Å². The van der Waals surface area contributed by atoms with E-state index in [1.807, 2.05) is 13.8 Å². The molecule has 0 radical (unpaired) electrons. The molecule has 0 bridgehead atoms. The van der Waals surface area contributed by atoms with Crippen molar-refractivity contribution in [1.82, 2.24) is 19.8 Å². The molecule has 1 atom stereocenters. The number of nitrogens with zero attached hydrogens (tertiary/aromatic N) is 3. The van der Waals surface area contributed by atoms with Crippen molar-refractivity contribution in [3.63, 3.8) is 0 Å². The Balaban J connectivity index is 1.48. The molecule has 2 fully saturated rings. The highest BCUT2D eigenvalue weighted by Crippen LogP contribution is 2.35. The molecule has 176 valence electrons. The lowest BCUT2D eigenvalue weighted by Crippen LogP contribution is -2.47. The molecule has 1 aliphatic carbocycles. The SMILES string of the molecule is Cc1sc(-c2noc(C(C)C)n2)cc1S(=O)(=O)N1CCCC(C(=O)NC2CCCCC2)C1. The van der Waals surface area contributed by atoms with Gasteiger partial charge in [0.15, 0.2) is 0 Å². The number of rotatable bonds is 6. The molecule has 8 nitrogen and oxygen atoms in total. The van der Waals surface area contributed by atoms with Crippen molar-refractivity contribution in [1.29, 1.82) is 0 Å². The number of sulfonamides is 1. The van der Waals surface area contributed by atoms with Gasteiger partial charge in [-0.25, -0.2) is 8.42 Å². The summed E-state index contributed by atoms with van der Waals surface area (Å²) in [6, 6.07) is 1.87. The van der Waals surface area contributed by atoms with Crippen LogP contribution in [-0.4, -0.2) is 47.9 Å². The third kappa shape index (κ3) is 4.92. The Morgan fingerprint density at radius 3 is 2.66 bits per heavy atom. The molecule has 1 saturated carbocycles. The van der Waals surface area contributed by atoms with Crippen LogP contribution < -0.4 is 5.32 Å². The summed E-state index contributed by atoms with van der Waals surface area (Å²) in [5.74, 6) is 0.729. The minimum Gasteiger partial charge on any atom is -0.353 e. The van der Waals surface area contributed by atoms with Gasteiger partial charge in [-0.1, -0.05) is 38.3 Å². The maximum Gasteiger partial charge on any atom is 0.244 e. The second-order valence-corrected chi connectivity index (χ2v) is 12.4. The van der Waals surface area contributed by atoms with Gasteiger partial charge in [0.25, 0.3) is 0 Å². The number of carbonyl (C=O) groups is 1. The first-order valence-electron chi connectivity index (χ1n) is 11.5. The van der Waals surface area contributed by atoms with Gasteiger partial charge < -0.3 is 9.84 Å². The van der Waals surface area contributed by atoms with Gasteiger partial charge in [-0.3, -0.25) is 4.79 Å². The number of aromatic nitrogens is 2. The van der Waals surface area contributed by atoms with Crippen LogP contribution in [0.5, 0.6) is 0 Å². The Labute approximate surface area is 193 Å². The molecule has 0 spiro atoms. The quantitative estimate of drug-likeness (QED) is 0.668. The van der Waals surface area contributed by atoms with Crippen molar-refractivity contribution in [3.8, 4) is 10.7 Å². The van der Waals surface area contributed by atoms with Crippen molar-refractivity contribution in [2.24, 2.45) is 5.92 Å². The number of hydrogen-bond donors (Lipinski definition) is 1. The topological polar surface area (TPSA) is 105 Å². The average molecular weight is 481 g/mol. The van der Waals surface area contributed by atoms with Crippen molar-refractivity contribution in [3.05, 3.63) is 16.8 Å². The Morgan fingerprint density at radius 1 is 1.22 bits per heavy atom. The number of thiophene rings is 1. The van der Waals surface area contributed by atoms with E-state index in [1.165, 1.54) is 22.1 Å². The van der Waals surface area contributed by atoms with Crippen LogP contribution in [0.3, 0.4) is 0 Å². The largest absolute Gasteiger partial charge is 0.353 e. The van der Waals surface area contributed by atoms with E-state index < -0.39 is 10.0 Å². The van der Waals surface area contributed by atoms with E-state index >= 15 is 0 Å². The Bertz CT molecular complexity index is 1050. The lowest BCUT2D eigenvalue weighted by atomic mass is 9.93. The number of nitrogens with one attached hydrogen (secondary N) is 1. The van der Waals surface area contributed by atoms with Crippen LogP contribution in [0, 0.1) is 12.8 Å². The van der Waals surface area contributed by atoms with Gasteiger partial charge in [-0.15, -0.1) is 11.3 Å². The lowest BCUT2D eigenvalue weighted by Gasteiger charge is -2.32. The maximum atomic E-state index is 13.5. The van der Waals surface area contributed by atoms with Crippen LogP contribution in [0.1, 0.15) is 75.5 Å². The molecule has 2 aliphatic rings. The number of aryl methyl sites for hydroxylation is 1. The number of hydrogen-bond acceptors (Lipinski definition) is 7. The van der Waals surface area contributed by atoms with Crippen LogP contribution in [0.15, 0.2) is 15.5 Å². The van der Waals surface area contributed by atoms with Crippen molar-refractivity contribution in [2.75, 3.05) is 13.1 Å².